The van der Waals surface area contributed by atoms with Gasteiger partial charge in [-0.1, -0.05) is 36.3 Å². The van der Waals surface area contributed by atoms with Gasteiger partial charge < -0.3 is 9.63 Å². The predicted octanol–water partition coefficient (Wildman–Crippen LogP) is 3.20. The Morgan fingerprint density at radius 1 is 1.32 bits per heavy atom. The lowest BCUT2D eigenvalue weighted by molar-refractivity contribution is 0.0200. The van der Waals surface area contributed by atoms with E-state index in [2.05, 4.69) is 22.0 Å². The molecule has 0 amide bonds. The zero-order valence-electron chi connectivity index (χ0n) is 14.0. The number of hydrogen-bond donors (Lipinski definition) is 1. The lowest BCUT2D eigenvalue weighted by Crippen LogP contribution is -2.40. The summed E-state index contributed by atoms with van der Waals surface area (Å²) >= 11 is 0. The van der Waals surface area contributed by atoms with Crippen LogP contribution in [0.15, 0.2) is 28.8 Å². The van der Waals surface area contributed by atoms with E-state index < -0.39 is 5.60 Å². The SMILES string of the molecule is CCN(CC(C)(C)O)C(C)c1nc(-c2ccccc2C)no1. The molecule has 0 fully saturated rings. The molecule has 0 aliphatic rings. The molecule has 1 aromatic heterocycles. The van der Waals surface area contributed by atoms with Crippen LogP contribution in [0.5, 0.6) is 0 Å². The quantitative estimate of drug-likeness (QED) is 0.888. The molecule has 1 aromatic carbocycles. The van der Waals surface area contributed by atoms with E-state index in [0.29, 0.717) is 18.3 Å². The van der Waals surface area contributed by atoms with Crippen LogP contribution in [0.25, 0.3) is 11.4 Å². The van der Waals surface area contributed by atoms with Gasteiger partial charge in [0.25, 0.3) is 0 Å². The molecule has 120 valence electrons. The Kier molecular flexibility index (Phi) is 4.98. The summed E-state index contributed by atoms with van der Waals surface area (Å²) < 4.78 is 5.45. The Balaban J connectivity index is 2.21. The first-order valence-electron chi connectivity index (χ1n) is 7.68. The Morgan fingerprint density at radius 3 is 2.59 bits per heavy atom. The number of benzene rings is 1. The molecule has 0 saturated carbocycles. The Bertz CT molecular complexity index is 616. The highest BCUT2D eigenvalue weighted by Crippen LogP contribution is 2.25. The van der Waals surface area contributed by atoms with Crippen molar-refractivity contribution in [2.45, 2.75) is 46.3 Å². The van der Waals surface area contributed by atoms with Gasteiger partial charge in [-0.25, -0.2) is 0 Å². The Hall–Kier alpha value is -1.72. The fourth-order valence-electron chi connectivity index (χ4n) is 2.51. The summed E-state index contributed by atoms with van der Waals surface area (Å²) in [5, 5.41) is 14.1. The number of hydrogen-bond acceptors (Lipinski definition) is 5. The third kappa shape index (κ3) is 3.93. The van der Waals surface area contributed by atoms with Gasteiger partial charge in [0, 0.05) is 12.1 Å². The molecule has 5 nitrogen and oxygen atoms in total. The maximum atomic E-state index is 10.0. The molecule has 2 rings (SSSR count). The van der Waals surface area contributed by atoms with Crippen LogP contribution in [0.1, 0.15) is 45.2 Å². The highest BCUT2D eigenvalue weighted by molar-refractivity contribution is 5.58. The first-order valence-corrected chi connectivity index (χ1v) is 7.68. The van der Waals surface area contributed by atoms with E-state index in [1.54, 1.807) is 13.8 Å². The Labute approximate surface area is 132 Å². The van der Waals surface area contributed by atoms with Gasteiger partial charge in [0.1, 0.15) is 0 Å². The minimum Gasteiger partial charge on any atom is -0.389 e. The van der Waals surface area contributed by atoms with E-state index in [4.69, 9.17) is 4.52 Å². The maximum Gasteiger partial charge on any atom is 0.244 e. The number of likely N-dealkylation sites (N-methyl/N-ethyl adjacent to an activating group) is 1. The van der Waals surface area contributed by atoms with Crippen LogP contribution in [-0.2, 0) is 0 Å². The lowest BCUT2D eigenvalue weighted by atomic mass is 10.1. The normalized spacial score (nSPS) is 13.6. The topological polar surface area (TPSA) is 62.4 Å². The fourth-order valence-corrected chi connectivity index (χ4v) is 2.51. The van der Waals surface area contributed by atoms with Crippen LogP contribution in [0, 0.1) is 6.92 Å². The van der Waals surface area contributed by atoms with Crippen LogP contribution >= 0.6 is 0 Å². The number of nitrogens with zero attached hydrogens (tertiary/aromatic N) is 3. The molecule has 1 heterocycles. The van der Waals surface area contributed by atoms with E-state index in [-0.39, 0.29) is 6.04 Å². The number of aliphatic hydroxyl groups is 1. The summed E-state index contributed by atoms with van der Waals surface area (Å²) in [4.78, 5) is 6.66. The molecule has 2 aromatic rings. The van der Waals surface area contributed by atoms with Crippen molar-refractivity contribution in [1.29, 1.82) is 0 Å². The summed E-state index contributed by atoms with van der Waals surface area (Å²) in [5.41, 5.74) is 1.34. The summed E-state index contributed by atoms with van der Waals surface area (Å²) in [6.07, 6.45) is 0. The van der Waals surface area contributed by atoms with E-state index in [0.717, 1.165) is 17.7 Å². The number of aromatic nitrogens is 2. The van der Waals surface area contributed by atoms with Gasteiger partial charge >= 0.3 is 0 Å². The van der Waals surface area contributed by atoms with Crippen molar-refractivity contribution in [3.05, 3.63) is 35.7 Å². The summed E-state index contributed by atoms with van der Waals surface area (Å²) in [7, 11) is 0. The van der Waals surface area contributed by atoms with Gasteiger partial charge in [-0.15, -0.1) is 0 Å². The summed E-state index contributed by atoms with van der Waals surface area (Å²) in [6, 6.07) is 7.94. The smallest absolute Gasteiger partial charge is 0.244 e. The van der Waals surface area contributed by atoms with Crippen LogP contribution < -0.4 is 0 Å². The van der Waals surface area contributed by atoms with Gasteiger partial charge in [0.2, 0.25) is 11.7 Å². The number of aryl methyl sites for hydroxylation is 1. The predicted molar refractivity (Wildman–Crippen MR) is 86.4 cm³/mol. The van der Waals surface area contributed by atoms with Gasteiger partial charge in [-0.05, 0) is 39.8 Å². The zero-order chi connectivity index (χ0) is 16.3. The second-order valence-electron chi connectivity index (χ2n) is 6.32. The van der Waals surface area contributed by atoms with E-state index in [1.807, 2.05) is 38.1 Å². The average Bonchev–Trinajstić information content (AvgIpc) is 2.93. The molecule has 1 unspecified atom stereocenters. The minimum atomic E-state index is -0.761. The van der Waals surface area contributed by atoms with Gasteiger partial charge in [0.05, 0.1) is 11.6 Å². The molecule has 1 atom stereocenters. The third-order valence-electron chi connectivity index (χ3n) is 3.73. The molecule has 5 heteroatoms. The lowest BCUT2D eigenvalue weighted by Gasteiger charge is -2.30. The highest BCUT2D eigenvalue weighted by atomic mass is 16.5. The molecule has 1 N–H and O–H groups in total. The number of rotatable bonds is 6. The van der Waals surface area contributed by atoms with Crippen molar-refractivity contribution in [2.75, 3.05) is 13.1 Å². The van der Waals surface area contributed by atoms with Crippen molar-refractivity contribution >= 4 is 0 Å². The molecule has 0 saturated heterocycles. The van der Waals surface area contributed by atoms with Crippen molar-refractivity contribution < 1.29 is 9.63 Å². The van der Waals surface area contributed by atoms with Crippen LogP contribution in [0.4, 0.5) is 0 Å². The van der Waals surface area contributed by atoms with Crippen LogP contribution in [0.3, 0.4) is 0 Å². The molecule has 0 aliphatic carbocycles. The van der Waals surface area contributed by atoms with E-state index >= 15 is 0 Å². The average molecular weight is 303 g/mol. The molecular weight excluding hydrogens is 278 g/mol. The van der Waals surface area contributed by atoms with Crippen molar-refractivity contribution in [3.8, 4) is 11.4 Å². The highest BCUT2D eigenvalue weighted by Gasteiger charge is 2.26. The third-order valence-corrected chi connectivity index (χ3v) is 3.73. The van der Waals surface area contributed by atoms with Crippen LogP contribution in [-0.4, -0.2) is 38.8 Å². The molecule has 0 spiro atoms. The molecule has 22 heavy (non-hydrogen) atoms. The largest absolute Gasteiger partial charge is 0.389 e. The molecule has 0 aliphatic heterocycles. The van der Waals surface area contributed by atoms with Crippen molar-refractivity contribution in [3.63, 3.8) is 0 Å². The molecule has 0 bridgehead atoms. The summed E-state index contributed by atoms with van der Waals surface area (Å²) in [6.45, 7) is 11.1. The zero-order valence-corrected chi connectivity index (χ0v) is 14.0. The maximum absolute atomic E-state index is 10.0. The Morgan fingerprint density at radius 2 is 2.00 bits per heavy atom. The molecule has 0 radical (unpaired) electrons. The van der Waals surface area contributed by atoms with Crippen molar-refractivity contribution in [2.24, 2.45) is 0 Å². The minimum absolute atomic E-state index is 0.0401. The second kappa shape index (κ2) is 6.58. The summed E-state index contributed by atoms with van der Waals surface area (Å²) in [5.74, 6) is 1.18. The molecular formula is C17H25N3O2. The second-order valence-corrected chi connectivity index (χ2v) is 6.32. The fraction of sp³-hybridized carbons (Fsp3) is 0.529. The standard InChI is InChI=1S/C17H25N3O2/c1-6-20(11-17(4,5)21)13(3)16-18-15(19-22-16)14-10-8-7-9-12(14)2/h7-10,13,21H,6,11H2,1-5H3. The first kappa shape index (κ1) is 16.6. The van der Waals surface area contributed by atoms with Crippen LogP contribution in [0.2, 0.25) is 0 Å². The van der Waals surface area contributed by atoms with E-state index in [9.17, 15) is 5.11 Å². The van der Waals surface area contributed by atoms with Gasteiger partial charge in [-0.2, -0.15) is 4.98 Å². The van der Waals surface area contributed by atoms with E-state index in [1.165, 1.54) is 0 Å². The van der Waals surface area contributed by atoms with Gasteiger partial charge in [0.15, 0.2) is 0 Å². The first-order chi connectivity index (χ1) is 10.3. The monoisotopic (exact) mass is 303 g/mol. The van der Waals surface area contributed by atoms with Crippen molar-refractivity contribution in [1.82, 2.24) is 15.0 Å². The van der Waals surface area contributed by atoms with Gasteiger partial charge in [-0.3, -0.25) is 4.90 Å².